The van der Waals surface area contributed by atoms with Gasteiger partial charge in [0.05, 0.1) is 12.5 Å². The Bertz CT molecular complexity index is 597. The average molecular weight is 303 g/mol. The van der Waals surface area contributed by atoms with E-state index in [1.54, 1.807) is 11.3 Å². The molecule has 0 saturated carbocycles. The van der Waals surface area contributed by atoms with Gasteiger partial charge in [-0.1, -0.05) is 32.0 Å². The second kappa shape index (κ2) is 6.54. The van der Waals surface area contributed by atoms with Crippen molar-refractivity contribution in [3.05, 3.63) is 39.8 Å². The largest absolute Gasteiger partial charge is 0.493 e. The van der Waals surface area contributed by atoms with E-state index in [0.29, 0.717) is 18.6 Å². The number of ether oxygens (including phenoxy) is 1. The Balaban J connectivity index is 1.62. The highest BCUT2D eigenvalue weighted by Gasteiger charge is 2.24. The third-order valence-electron chi connectivity index (χ3n) is 3.60. The van der Waals surface area contributed by atoms with E-state index >= 15 is 0 Å². The van der Waals surface area contributed by atoms with E-state index in [1.165, 1.54) is 5.56 Å². The van der Waals surface area contributed by atoms with Crippen molar-refractivity contribution in [1.82, 2.24) is 15.5 Å². The Morgan fingerprint density at radius 1 is 1.33 bits per heavy atom. The summed E-state index contributed by atoms with van der Waals surface area (Å²) in [6.07, 6.45) is 1.94. The van der Waals surface area contributed by atoms with Crippen LogP contribution in [0.4, 0.5) is 0 Å². The molecule has 1 aliphatic heterocycles. The minimum Gasteiger partial charge on any atom is -0.493 e. The monoisotopic (exact) mass is 303 g/mol. The zero-order valence-corrected chi connectivity index (χ0v) is 13.3. The van der Waals surface area contributed by atoms with Crippen molar-refractivity contribution in [3.63, 3.8) is 0 Å². The Morgan fingerprint density at radius 3 is 3.05 bits per heavy atom. The molecule has 5 heteroatoms. The van der Waals surface area contributed by atoms with Crippen molar-refractivity contribution in [2.75, 3.05) is 13.2 Å². The van der Waals surface area contributed by atoms with E-state index < -0.39 is 0 Å². The van der Waals surface area contributed by atoms with E-state index in [-0.39, 0.29) is 0 Å². The lowest BCUT2D eigenvalue weighted by Crippen LogP contribution is -2.24. The highest BCUT2D eigenvalue weighted by atomic mass is 32.1. The van der Waals surface area contributed by atoms with Gasteiger partial charge in [-0.05, 0) is 18.1 Å². The predicted octanol–water partition coefficient (Wildman–Crippen LogP) is 2.80. The van der Waals surface area contributed by atoms with Crippen LogP contribution < -0.4 is 10.1 Å². The van der Waals surface area contributed by atoms with Gasteiger partial charge in [0.1, 0.15) is 15.8 Å². The number of hydrogen-bond donors (Lipinski definition) is 1. The summed E-state index contributed by atoms with van der Waals surface area (Å²) in [4.78, 5) is 0. The molecule has 2 heterocycles. The van der Waals surface area contributed by atoms with Gasteiger partial charge in [0.25, 0.3) is 0 Å². The maximum absolute atomic E-state index is 5.84. The molecule has 0 saturated heterocycles. The Hall–Kier alpha value is -1.46. The van der Waals surface area contributed by atoms with E-state index in [1.807, 2.05) is 12.1 Å². The fourth-order valence-electron chi connectivity index (χ4n) is 2.49. The van der Waals surface area contributed by atoms with Crippen molar-refractivity contribution in [1.29, 1.82) is 0 Å². The molecule has 1 aromatic carbocycles. The van der Waals surface area contributed by atoms with Crippen LogP contribution in [0.1, 0.15) is 35.3 Å². The average Bonchev–Trinajstić information content (AvgIpc) is 2.95. The molecular weight excluding hydrogens is 282 g/mol. The minimum atomic E-state index is 0.337. The molecule has 1 N–H and O–H groups in total. The lowest BCUT2D eigenvalue weighted by molar-refractivity contribution is 0.262. The van der Waals surface area contributed by atoms with Crippen molar-refractivity contribution >= 4 is 11.3 Å². The number of benzene rings is 1. The van der Waals surface area contributed by atoms with Crippen LogP contribution >= 0.6 is 11.3 Å². The van der Waals surface area contributed by atoms with Crippen molar-refractivity contribution in [3.8, 4) is 5.75 Å². The highest BCUT2D eigenvalue weighted by molar-refractivity contribution is 7.11. The molecule has 21 heavy (non-hydrogen) atoms. The number of nitrogens with one attached hydrogen (secondary N) is 1. The summed E-state index contributed by atoms with van der Waals surface area (Å²) in [7, 11) is 0. The molecule has 0 amide bonds. The second-order valence-corrected chi connectivity index (χ2v) is 6.81. The second-order valence-electron chi connectivity index (χ2n) is 5.71. The molecule has 0 spiro atoms. The van der Waals surface area contributed by atoms with Gasteiger partial charge in [-0.2, -0.15) is 0 Å². The van der Waals surface area contributed by atoms with E-state index in [0.717, 1.165) is 35.2 Å². The summed E-state index contributed by atoms with van der Waals surface area (Å²) >= 11 is 1.72. The molecule has 3 rings (SSSR count). The SMILES string of the molecule is CC(C)NCCc1nnc(C2COc3ccccc3C2)s1. The first-order valence-electron chi connectivity index (χ1n) is 7.48. The highest BCUT2D eigenvalue weighted by Crippen LogP contribution is 2.33. The van der Waals surface area contributed by atoms with E-state index in [9.17, 15) is 0 Å². The molecule has 1 aromatic heterocycles. The fraction of sp³-hybridized carbons (Fsp3) is 0.500. The number of nitrogens with zero attached hydrogens (tertiary/aromatic N) is 2. The Morgan fingerprint density at radius 2 is 2.19 bits per heavy atom. The zero-order chi connectivity index (χ0) is 14.7. The topological polar surface area (TPSA) is 47.0 Å². The van der Waals surface area contributed by atoms with Gasteiger partial charge in [0, 0.05) is 19.0 Å². The molecule has 0 fully saturated rings. The summed E-state index contributed by atoms with van der Waals surface area (Å²) in [6.45, 7) is 5.97. The minimum absolute atomic E-state index is 0.337. The summed E-state index contributed by atoms with van der Waals surface area (Å²) in [5.74, 6) is 1.35. The summed E-state index contributed by atoms with van der Waals surface area (Å²) in [5.41, 5.74) is 1.27. The molecule has 0 bridgehead atoms. The summed E-state index contributed by atoms with van der Waals surface area (Å²) in [5, 5.41) is 14.3. The van der Waals surface area contributed by atoms with Gasteiger partial charge in [0.15, 0.2) is 0 Å². The quantitative estimate of drug-likeness (QED) is 0.922. The molecular formula is C16H21N3OS. The first kappa shape index (κ1) is 14.5. The molecule has 1 unspecified atom stereocenters. The third kappa shape index (κ3) is 3.60. The first-order chi connectivity index (χ1) is 10.2. The smallest absolute Gasteiger partial charge is 0.124 e. The van der Waals surface area contributed by atoms with Crippen LogP contribution in [0.25, 0.3) is 0 Å². The van der Waals surface area contributed by atoms with Gasteiger partial charge >= 0.3 is 0 Å². The lowest BCUT2D eigenvalue weighted by Gasteiger charge is -2.23. The van der Waals surface area contributed by atoms with Crippen LogP contribution in [0.5, 0.6) is 5.75 Å². The van der Waals surface area contributed by atoms with Gasteiger partial charge in [-0.25, -0.2) is 0 Å². The van der Waals surface area contributed by atoms with Crippen LogP contribution in [-0.4, -0.2) is 29.4 Å². The first-order valence-corrected chi connectivity index (χ1v) is 8.30. The molecule has 4 nitrogen and oxygen atoms in total. The van der Waals surface area contributed by atoms with Gasteiger partial charge in [-0.15, -0.1) is 21.5 Å². The van der Waals surface area contributed by atoms with Crippen LogP contribution in [0.2, 0.25) is 0 Å². The predicted molar refractivity (Wildman–Crippen MR) is 85.1 cm³/mol. The maximum Gasteiger partial charge on any atom is 0.124 e. The van der Waals surface area contributed by atoms with Crippen LogP contribution in [0, 0.1) is 0 Å². The third-order valence-corrected chi connectivity index (χ3v) is 4.75. The number of aromatic nitrogens is 2. The van der Waals surface area contributed by atoms with Crippen molar-refractivity contribution in [2.24, 2.45) is 0 Å². The van der Waals surface area contributed by atoms with Crippen LogP contribution in [-0.2, 0) is 12.8 Å². The summed E-state index contributed by atoms with van der Waals surface area (Å²) in [6, 6.07) is 8.77. The van der Waals surface area contributed by atoms with E-state index in [4.69, 9.17) is 4.74 Å². The number of fused-ring (bicyclic) bond motifs is 1. The maximum atomic E-state index is 5.84. The number of hydrogen-bond acceptors (Lipinski definition) is 5. The molecule has 0 radical (unpaired) electrons. The Kier molecular flexibility index (Phi) is 4.51. The standard InChI is InChI=1S/C16H21N3OS/c1-11(2)17-8-7-15-18-19-16(21-15)13-9-12-5-3-4-6-14(12)20-10-13/h3-6,11,13,17H,7-10H2,1-2H3. The number of para-hydroxylation sites is 1. The Labute approximate surface area is 129 Å². The van der Waals surface area contributed by atoms with Gasteiger partial charge in [-0.3, -0.25) is 0 Å². The molecule has 112 valence electrons. The van der Waals surface area contributed by atoms with Crippen molar-refractivity contribution < 1.29 is 4.74 Å². The summed E-state index contributed by atoms with van der Waals surface area (Å²) < 4.78 is 5.84. The number of rotatable bonds is 5. The molecule has 2 aromatic rings. The zero-order valence-electron chi connectivity index (χ0n) is 12.5. The van der Waals surface area contributed by atoms with Crippen molar-refractivity contribution in [2.45, 2.75) is 38.6 Å². The van der Waals surface area contributed by atoms with E-state index in [2.05, 4.69) is 41.5 Å². The fourth-order valence-corrected chi connectivity index (χ4v) is 3.41. The lowest BCUT2D eigenvalue weighted by atomic mass is 9.97. The molecule has 0 aliphatic carbocycles. The van der Waals surface area contributed by atoms with Crippen LogP contribution in [0.3, 0.4) is 0 Å². The van der Waals surface area contributed by atoms with Gasteiger partial charge in [0.2, 0.25) is 0 Å². The van der Waals surface area contributed by atoms with Crippen LogP contribution in [0.15, 0.2) is 24.3 Å². The normalized spacial score (nSPS) is 17.6. The van der Waals surface area contributed by atoms with Gasteiger partial charge < -0.3 is 10.1 Å². The molecule has 1 atom stereocenters. The molecule has 1 aliphatic rings.